The largest absolute Gasteiger partial charge is 0.373 e. The number of nitrogens with one attached hydrogen (secondary N) is 2. The quantitative estimate of drug-likeness (QED) is 0.790. The first-order valence-electron chi connectivity index (χ1n) is 7.41. The Bertz CT molecular complexity index is 326. The molecular weight excluding hydrogens is 228 g/mol. The molecule has 4 unspecified atom stereocenters. The number of fused-ring (bicyclic) bond motifs is 2. The Kier molecular flexibility index (Phi) is 3.32. The van der Waals surface area contributed by atoms with E-state index in [1.54, 1.807) is 0 Å². The first kappa shape index (κ1) is 12.4. The highest BCUT2D eigenvalue weighted by Crippen LogP contribution is 2.36. The fourth-order valence-corrected chi connectivity index (χ4v) is 3.85. The van der Waals surface area contributed by atoms with Crippen LogP contribution in [0, 0.1) is 5.41 Å². The van der Waals surface area contributed by atoms with E-state index in [9.17, 15) is 4.79 Å². The Morgan fingerprint density at radius 2 is 2.39 bits per heavy atom. The van der Waals surface area contributed by atoms with E-state index in [-0.39, 0.29) is 23.5 Å². The molecule has 0 spiro atoms. The van der Waals surface area contributed by atoms with Crippen molar-refractivity contribution in [1.29, 1.82) is 0 Å². The molecule has 3 saturated heterocycles. The van der Waals surface area contributed by atoms with Gasteiger partial charge in [-0.1, -0.05) is 13.3 Å². The predicted octanol–water partition coefficient (Wildman–Crippen LogP) is 1.20. The molecule has 18 heavy (non-hydrogen) atoms. The van der Waals surface area contributed by atoms with Crippen LogP contribution in [-0.2, 0) is 9.53 Å². The first-order valence-corrected chi connectivity index (χ1v) is 7.41. The van der Waals surface area contributed by atoms with Gasteiger partial charge >= 0.3 is 0 Å². The van der Waals surface area contributed by atoms with E-state index in [1.807, 2.05) is 0 Å². The van der Waals surface area contributed by atoms with Gasteiger partial charge in [0.05, 0.1) is 23.7 Å². The van der Waals surface area contributed by atoms with E-state index in [4.69, 9.17) is 4.74 Å². The van der Waals surface area contributed by atoms with Gasteiger partial charge in [-0.05, 0) is 38.6 Å². The minimum atomic E-state index is -0.156. The lowest BCUT2D eigenvalue weighted by atomic mass is 9.81. The van der Waals surface area contributed by atoms with Crippen LogP contribution in [0.5, 0.6) is 0 Å². The molecule has 3 heterocycles. The molecule has 4 heteroatoms. The van der Waals surface area contributed by atoms with Crippen LogP contribution in [0.1, 0.15) is 45.4 Å². The third-order valence-electron chi connectivity index (χ3n) is 4.88. The second-order valence-corrected chi connectivity index (χ2v) is 6.15. The summed E-state index contributed by atoms with van der Waals surface area (Å²) >= 11 is 0. The van der Waals surface area contributed by atoms with Crippen molar-refractivity contribution in [2.24, 2.45) is 5.41 Å². The summed E-state index contributed by atoms with van der Waals surface area (Å²) in [6, 6.07) is 0.269. The van der Waals surface area contributed by atoms with E-state index >= 15 is 0 Å². The fraction of sp³-hybridized carbons (Fsp3) is 0.929. The maximum Gasteiger partial charge on any atom is 0.227 e. The molecule has 0 aliphatic carbocycles. The lowest BCUT2D eigenvalue weighted by molar-refractivity contribution is -0.131. The van der Waals surface area contributed by atoms with E-state index in [2.05, 4.69) is 17.6 Å². The molecule has 0 aromatic heterocycles. The second kappa shape index (κ2) is 4.82. The number of hydrogen-bond acceptors (Lipinski definition) is 3. The fourth-order valence-electron chi connectivity index (χ4n) is 3.85. The maximum absolute atomic E-state index is 12.6. The van der Waals surface area contributed by atoms with Gasteiger partial charge in [-0.3, -0.25) is 4.79 Å². The first-order chi connectivity index (χ1) is 8.73. The van der Waals surface area contributed by atoms with Gasteiger partial charge in [0.2, 0.25) is 5.91 Å². The van der Waals surface area contributed by atoms with Crippen LogP contribution in [0.4, 0.5) is 0 Å². The Balaban J connectivity index is 1.63. The van der Waals surface area contributed by atoms with Gasteiger partial charge in [0.25, 0.3) is 0 Å². The minimum Gasteiger partial charge on any atom is -0.373 e. The molecule has 0 aromatic carbocycles. The highest BCUT2D eigenvalue weighted by Gasteiger charge is 2.45. The third kappa shape index (κ3) is 2.05. The second-order valence-electron chi connectivity index (χ2n) is 6.15. The molecule has 0 radical (unpaired) electrons. The van der Waals surface area contributed by atoms with Gasteiger partial charge in [-0.15, -0.1) is 0 Å². The smallest absolute Gasteiger partial charge is 0.227 e. The predicted molar refractivity (Wildman–Crippen MR) is 69.3 cm³/mol. The van der Waals surface area contributed by atoms with Crippen molar-refractivity contribution in [3.63, 3.8) is 0 Å². The number of hydrogen-bond donors (Lipinski definition) is 2. The highest BCUT2D eigenvalue weighted by molar-refractivity contribution is 5.83. The van der Waals surface area contributed by atoms with Crippen LogP contribution in [-0.4, -0.2) is 37.2 Å². The van der Waals surface area contributed by atoms with Gasteiger partial charge in [-0.25, -0.2) is 0 Å². The summed E-state index contributed by atoms with van der Waals surface area (Å²) in [5.74, 6) is 0.260. The van der Waals surface area contributed by atoms with Gasteiger partial charge in [0.1, 0.15) is 0 Å². The molecule has 0 saturated carbocycles. The topological polar surface area (TPSA) is 50.4 Å². The Morgan fingerprint density at radius 1 is 1.50 bits per heavy atom. The zero-order chi connectivity index (χ0) is 12.6. The Labute approximate surface area is 109 Å². The molecular formula is C14H24N2O2. The normalized spacial score (nSPS) is 42.4. The standard InChI is InChI=1S/C14H24N2O2/c1-2-5-14(6-7-15-9-14)13(17)16-11-8-10-3-4-12(11)18-10/h10-12,15H,2-9H2,1H3,(H,16,17). The van der Waals surface area contributed by atoms with Gasteiger partial charge < -0.3 is 15.4 Å². The molecule has 3 fully saturated rings. The monoisotopic (exact) mass is 252 g/mol. The lowest BCUT2D eigenvalue weighted by Gasteiger charge is -2.30. The summed E-state index contributed by atoms with van der Waals surface area (Å²) < 4.78 is 5.81. The SMILES string of the molecule is CCCC1(C(=O)NC2CC3CCC2O3)CCNC1. The maximum atomic E-state index is 12.6. The minimum absolute atomic E-state index is 0.156. The summed E-state index contributed by atoms with van der Waals surface area (Å²) in [5.41, 5.74) is -0.156. The molecule has 2 bridgehead atoms. The number of rotatable bonds is 4. The van der Waals surface area contributed by atoms with Crippen molar-refractivity contribution >= 4 is 5.91 Å². The van der Waals surface area contributed by atoms with E-state index in [1.165, 1.54) is 6.42 Å². The molecule has 4 nitrogen and oxygen atoms in total. The van der Waals surface area contributed by atoms with Crippen LogP contribution < -0.4 is 10.6 Å². The van der Waals surface area contributed by atoms with Gasteiger partial charge in [0, 0.05) is 6.54 Å². The number of carbonyl (C=O) groups is 1. The van der Waals surface area contributed by atoms with E-state index in [0.717, 1.165) is 45.2 Å². The lowest BCUT2D eigenvalue weighted by Crippen LogP contribution is -2.49. The van der Waals surface area contributed by atoms with Crippen LogP contribution in [0.25, 0.3) is 0 Å². The molecule has 3 rings (SSSR count). The molecule has 4 atom stereocenters. The summed E-state index contributed by atoms with van der Waals surface area (Å²) in [6.45, 7) is 3.98. The van der Waals surface area contributed by atoms with Crippen LogP contribution in [0.15, 0.2) is 0 Å². The van der Waals surface area contributed by atoms with Crippen LogP contribution in [0.2, 0.25) is 0 Å². The molecule has 2 N–H and O–H groups in total. The molecule has 0 aromatic rings. The van der Waals surface area contributed by atoms with E-state index < -0.39 is 0 Å². The summed E-state index contributed by atoms with van der Waals surface area (Å²) in [4.78, 5) is 12.6. The van der Waals surface area contributed by atoms with Crippen molar-refractivity contribution in [3.05, 3.63) is 0 Å². The number of amides is 1. The van der Waals surface area contributed by atoms with Crippen molar-refractivity contribution in [3.8, 4) is 0 Å². The summed E-state index contributed by atoms with van der Waals surface area (Å²) in [6.07, 6.45) is 7.06. The summed E-state index contributed by atoms with van der Waals surface area (Å²) in [7, 11) is 0. The van der Waals surface area contributed by atoms with Crippen LogP contribution >= 0.6 is 0 Å². The van der Waals surface area contributed by atoms with Crippen molar-refractivity contribution in [2.75, 3.05) is 13.1 Å². The van der Waals surface area contributed by atoms with Crippen LogP contribution in [0.3, 0.4) is 0 Å². The molecule has 102 valence electrons. The number of ether oxygens (including phenoxy) is 1. The summed E-state index contributed by atoms with van der Waals surface area (Å²) in [5, 5.41) is 6.62. The third-order valence-corrected chi connectivity index (χ3v) is 4.88. The number of carbonyl (C=O) groups excluding carboxylic acids is 1. The highest BCUT2D eigenvalue weighted by atomic mass is 16.5. The zero-order valence-electron chi connectivity index (χ0n) is 11.2. The Hall–Kier alpha value is -0.610. The molecule has 1 amide bonds. The van der Waals surface area contributed by atoms with Crippen molar-refractivity contribution < 1.29 is 9.53 Å². The Morgan fingerprint density at radius 3 is 2.94 bits per heavy atom. The van der Waals surface area contributed by atoms with Crippen molar-refractivity contribution in [1.82, 2.24) is 10.6 Å². The van der Waals surface area contributed by atoms with Crippen molar-refractivity contribution in [2.45, 2.75) is 63.7 Å². The zero-order valence-corrected chi connectivity index (χ0v) is 11.2. The molecule has 3 aliphatic heterocycles. The average Bonchev–Trinajstić information content (AvgIpc) is 3.04. The van der Waals surface area contributed by atoms with Gasteiger partial charge in [0.15, 0.2) is 0 Å². The average molecular weight is 252 g/mol. The molecule has 3 aliphatic rings. The van der Waals surface area contributed by atoms with E-state index in [0.29, 0.717) is 6.10 Å². The van der Waals surface area contributed by atoms with Gasteiger partial charge in [-0.2, -0.15) is 0 Å².